The highest BCUT2D eigenvalue weighted by molar-refractivity contribution is 8.45. The van der Waals surface area contributed by atoms with Crippen molar-refractivity contribution in [3.05, 3.63) is 83.4 Å². The van der Waals surface area contributed by atoms with Crippen LogP contribution in [-0.4, -0.2) is 93.1 Å². The number of ether oxygens (including phenoxy) is 2. The van der Waals surface area contributed by atoms with Gasteiger partial charge in [0.05, 0.1) is 60.5 Å². The molecule has 21 heteroatoms. The fraction of sp³-hybridized carbons (Fsp3) is 0.478. The first kappa shape index (κ1) is 47.4. The van der Waals surface area contributed by atoms with Crippen LogP contribution < -0.4 is 15.5 Å². The fourth-order valence-corrected chi connectivity index (χ4v) is 10.6. The topological polar surface area (TPSA) is 178 Å². The number of H-pyrrole nitrogens is 2. The summed E-state index contributed by atoms with van der Waals surface area (Å²) in [6.45, 7) is 8.28. The molecule has 0 spiro atoms. The first-order valence-corrected chi connectivity index (χ1v) is 24.4. The molecule has 0 radical (unpaired) electrons. The normalized spacial score (nSPS) is 22.0. The molecule has 3 aliphatic rings. The van der Waals surface area contributed by atoms with Gasteiger partial charge in [-0.25, -0.2) is 19.6 Å². The van der Waals surface area contributed by atoms with E-state index in [1.165, 1.54) is 14.2 Å². The lowest BCUT2D eigenvalue weighted by molar-refractivity contribution is -0.136. The van der Waals surface area contributed by atoms with E-state index in [4.69, 9.17) is 19.4 Å². The molecule has 0 aliphatic carbocycles. The lowest BCUT2D eigenvalue weighted by Crippen LogP contribution is -2.51. The predicted octanol–water partition coefficient (Wildman–Crippen LogP) is 10.3. The SMILES string of the molecule is COC(=O)N[C@H](C(=O)N1CCC[C@H]1c1nc2ccc([C@H]3CC[C@H](c4ccc5nc([C@@H]6CCCN6C(=O)[C@@H](NC(=O)OC)C(C)C)[nH]c5c4)N3c3ccc(S(F)(F)(F)(F)F)cc3)cc2[nH]1)C(C)C. The Kier molecular flexibility index (Phi) is 12.2. The van der Waals surface area contributed by atoms with Crippen molar-refractivity contribution < 1.29 is 48.1 Å². The third kappa shape index (κ3) is 9.56. The Morgan fingerprint density at radius 1 is 0.627 bits per heavy atom. The largest absolute Gasteiger partial charge is 0.453 e. The minimum atomic E-state index is -9.97. The molecule has 0 unspecified atom stereocenters. The molecule has 3 aliphatic heterocycles. The molecule has 6 atom stereocenters. The molecule has 3 fully saturated rings. The predicted molar refractivity (Wildman–Crippen MR) is 243 cm³/mol. The summed E-state index contributed by atoms with van der Waals surface area (Å²) in [6, 6.07) is 11.2. The second-order valence-electron chi connectivity index (χ2n) is 18.4. The maximum atomic E-state index is 14.0. The molecular formula is C46H56F5N9O6S. The Balaban J connectivity index is 1.11. The van der Waals surface area contributed by atoms with Crippen LogP contribution in [0.2, 0.25) is 0 Å². The molecule has 67 heavy (non-hydrogen) atoms. The van der Waals surface area contributed by atoms with Crippen LogP contribution in [-0.2, 0) is 19.1 Å². The summed E-state index contributed by atoms with van der Waals surface area (Å²) in [7, 11) is -7.50. The molecule has 5 aromatic rings. The van der Waals surface area contributed by atoms with E-state index in [2.05, 4.69) is 20.6 Å². The van der Waals surface area contributed by atoms with Gasteiger partial charge in [0.1, 0.15) is 28.6 Å². The smallest absolute Gasteiger partial charge is 0.407 e. The number of benzene rings is 3. The van der Waals surface area contributed by atoms with Gasteiger partial charge in [0.15, 0.2) is 0 Å². The molecule has 3 saturated heterocycles. The number of rotatable bonds is 12. The van der Waals surface area contributed by atoms with Crippen molar-refractivity contribution in [2.24, 2.45) is 11.8 Å². The summed E-state index contributed by atoms with van der Waals surface area (Å²) < 4.78 is 79.3. The van der Waals surface area contributed by atoms with Crippen LogP contribution in [0.3, 0.4) is 0 Å². The molecule has 4 N–H and O–H groups in total. The van der Waals surface area contributed by atoms with E-state index >= 15 is 0 Å². The number of aromatic amines is 2. The summed E-state index contributed by atoms with van der Waals surface area (Å²) in [4.78, 5) is 71.8. The second kappa shape index (κ2) is 17.2. The maximum Gasteiger partial charge on any atom is 0.407 e. The van der Waals surface area contributed by atoms with Crippen LogP contribution >= 0.6 is 10.2 Å². The molecule has 3 aromatic carbocycles. The first-order chi connectivity index (χ1) is 31.5. The summed E-state index contributed by atoms with van der Waals surface area (Å²) in [6.07, 6.45) is 2.42. The van der Waals surface area contributed by atoms with Gasteiger partial charge in [-0.2, -0.15) is 0 Å². The molecule has 4 amide bonds. The number of anilines is 1. The Morgan fingerprint density at radius 3 is 1.42 bits per heavy atom. The van der Waals surface area contributed by atoms with Crippen molar-refractivity contribution >= 4 is 62.0 Å². The standard InChI is InChI=1S/C46H56F5N9O6S/c1-25(2)39(56-45(63)65-5)43(61)58-21-7-9-37(58)41-52-31-17-11-27(23-33(31)54-41)35-19-20-36(60(35)29-13-15-30(16-14-29)67(47,48,49,50)51)28-12-18-32-34(24-28)55-42(53-32)38-10-8-22-59(38)44(62)40(26(3)4)57-46(64)66-6/h11-18,23-26,35-40H,7-10,19-22H2,1-6H3,(H,52,54)(H,53,55)(H,56,63)(H,57,64)/t35-,36-,37+,38+,39+,40+/m1/s1. The fourth-order valence-electron chi connectivity index (χ4n) is 9.91. The van der Waals surface area contributed by atoms with Crippen LogP contribution in [0, 0.1) is 11.8 Å². The molecule has 5 heterocycles. The van der Waals surface area contributed by atoms with E-state index in [0.29, 0.717) is 90.3 Å². The second-order valence-corrected chi connectivity index (χ2v) is 20.8. The average Bonchev–Trinajstić information content (AvgIpc) is 4.14. The first-order valence-electron chi connectivity index (χ1n) is 22.5. The van der Waals surface area contributed by atoms with Crippen molar-refractivity contribution in [1.82, 2.24) is 40.4 Å². The number of hydrogen-bond donors (Lipinski definition) is 4. The van der Waals surface area contributed by atoms with Gasteiger partial charge < -0.3 is 44.8 Å². The number of fused-ring (bicyclic) bond motifs is 2. The van der Waals surface area contributed by atoms with Crippen molar-refractivity contribution in [2.75, 3.05) is 32.2 Å². The summed E-state index contributed by atoms with van der Waals surface area (Å²) in [5, 5.41) is 5.31. The lowest BCUT2D eigenvalue weighted by atomic mass is 10.0. The Bertz CT molecular complexity index is 2550. The van der Waals surface area contributed by atoms with Gasteiger partial charge in [0.25, 0.3) is 0 Å². The van der Waals surface area contributed by atoms with Gasteiger partial charge in [-0.3, -0.25) is 9.59 Å². The van der Waals surface area contributed by atoms with Crippen molar-refractivity contribution in [3.63, 3.8) is 0 Å². The monoisotopic (exact) mass is 957 g/mol. The third-order valence-electron chi connectivity index (χ3n) is 13.3. The summed E-state index contributed by atoms with van der Waals surface area (Å²) in [5.41, 5.74) is 4.54. The number of imidazole rings is 2. The Labute approximate surface area is 384 Å². The minimum Gasteiger partial charge on any atom is -0.453 e. The minimum absolute atomic E-state index is 0.215. The van der Waals surface area contributed by atoms with E-state index in [0.717, 1.165) is 36.1 Å². The zero-order valence-electron chi connectivity index (χ0n) is 38.0. The molecular weight excluding hydrogens is 902 g/mol. The number of alkyl carbamates (subject to hydrolysis) is 2. The number of likely N-dealkylation sites (tertiary alicyclic amines) is 2. The number of carbonyl (C=O) groups excluding carboxylic acids is 4. The third-order valence-corrected chi connectivity index (χ3v) is 14.4. The van der Waals surface area contributed by atoms with E-state index < -0.39 is 51.5 Å². The van der Waals surface area contributed by atoms with Crippen molar-refractivity contribution in [3.8, 4) is 0 Å². The van der Waals surface area contributed by atoms with Crippen LogP contribution in [0.25, 0.3) is 22.1 Å². The molecule has 8 rings (SSSR count). The molecule has 362 valence electrons. The number of carbonyl (C=O) groups is 4. The number of methoxy groups -OCH3 is 2. The van der Waals surface area contributed by atoms with Gasteiger partial charge in [-0.15, -0.1) is 0 Å². The number of nitrogens with one attached hydrogen (secondary N) is 4. The zero-order chi connectivity index (χ0) is 48.2. The van der Waals surface area contributed by atoms with Gasteiger partial charge in [0.2, 0.25) is 11.8 Å². The lowest BCUT2D eigenvalue weighted by Gasteiger charge is -2.41. The van der Waals surface area contributed by atoms with Crippen LogP contribution in [0.4, 0.5) is 34.7 Å². The highest BCUT2D eigenvalue weighted by Crippen LogP contribution is 3.02. The summed E-state index contributed by atoms with van der Waals surface area (Å²) >= 11 is 0. The highest BCUT2D eigenvalue weighted by Gasteiger charge is 2.65. The van der Waals surface area contributed by atoms with Gasteiger partial charge >= 0.3 is 22.4 Å². The van der Waals surface area contributed by atoms with Gasteiger partial charge in [-0.05, 0) is 110 Å². The molecule has 0 saturated carbocycles. The number of aromatic nitrogens is 4. The van der Waals surface area contributed by atoms with E-state index in [1.54, 1.807) is 9.80 Å². The van der Waals surface area contributed by atoms with E-state index in [9.17, 15) is 38.6 Å². The zero-order valence-corrected chi connectivity index (χ0v) is 38.8. The quantitative estimate of drug-likeness (QED) is 0.0886. The molecule has 15 nitrogen and oxygen atoms in total. The van der Waals surface area contributed by atoms with E-state index in [-0.39, 0.29) is 35.7 Å². The number of amides is 4. The number of halogens is 5. The highest BCUT2D eigenvalue weighted by atomic mass is 32.5. The Morgan fingerprint density at radius 2 is 1.04 bits per heavy atom. The van der Waals surface area contributed by atoms with Crippen LogP contribution in [0.1, 0.15) is 113 Å². The number of nitrogens with zero attached hydrogens (tertiary/aromatic N) is 5. The molecule has 0 bridgehead atoms. The summed E-state index contributed by atoms with van der Waals surface area (Å²) in [5.74, 6) is 0.207. The van der Waals surface area contributed by atoms with Crippen LogP contribution in [0.15, 0.2) is 65.6 Å². The number of hydrogen-bond acceptors (Lipinski definition) is 9. The average molecular weight is 958 g/mol. The van der Waals surface area contributed by atoms with Crippen molar-refractivity contribution in [1.29, 1.82) is 0 Å². The van der Waals surface area contributed by atoms with Crippen molar-refractivity contribution in [2.45, 2.75) is 107 Å². The molecule has 2 aromatic heterocycles. The maximum absolute atomic E-state index is 14.0. The van der Waals surface area contributed by atoms with E-state index in [1.807, 2.05) is 69.0 Å². The van der Waals surface area contributed by atoms with Gasteiger partial charge in [-0.1, -0.05) is 59.3 Å². The van der Waals surface area contributed by atoms with Gasteiger partial charge in [0, 0.05) is 18.8 Å². The Hall–Kier alpha value is -6.12. The van der Waals surface area contributed by atoms with Crippen LogP contribution in [0.5, 0.6) is 0 Å².